The molecule has 3 aromatic carbocycles. The molecule has 4 aromatic rings. The number of carbonyl (C=O) groups is 2. The Labute approximate surface area is 315 Å². The van der Waals surface area contributed by atoms with Crippen LogP contribution in [0.25, 0.3) is 10.9 Å². The maximum Gasteiger partial charge on any atom is 0.333 e. The van der Waals surface area contributed by atoms with Crippen LogP contribution in [0.5, 0.6) is 28.7 Å². The van der Waals surface area contributed by atoms with E-state index in [0.29, 0.717) is 52.7 Å². The number of aryl methyl sites for hydroxylation is 1. The lowest BCUT2D eigenvalue weighted by Gasteiger charge is -2.59. The number of hydrogen-bond donors (Lipinski definition) is 4. The van der Waals surface area contributed by atoms with Gasteiger partial charge in [0, 0.05) is 64.5 Å². The van der Waals surface area contributed by atoms with Crippen LogP contribution in [0.15, 0.2) is 30.3 Å². The topological polar surface area (TPSA) is 167 Å². The molecule has 1 spiro atoms. The number of phenolic OH excluding ortho intramolecular Hbond substituents is 1. The molecule has 2 fully saturated rings. The summed E-state index contributed by atoms with van der Waals surface area (Å²) in [6.45, 7) is 5.53. The predicted octanol–water partition coefficient (Wildman–Crippen LogP) is 4.41. The molecule has 0 radical (unpaired) electrons. The smallest absolute Gasteiger partial charge is 0.333 e. The van der Waals surface area contributed by atoms with Crippen molar-refractivity contribution < 1.29 is 38.4 Å². The zero-order valence-corrected chi connectivity index (χ0v) is 31.0. The fourth-order valence-electron chi connectivity index (χ4n) is 10.2. The van der Waals surface area contributed by atoms with Gasteiger partial charge in [0.1, 0.15) is 18.4 Å². The molecule has 4 N–H and O–H groups in total. The third-order valence-electron chi connectivity index (χ3n) is 12.3. The van der Waals surface area contributed by atoms with Gasteiger partial charge in [0.15, 0.2) is 28.5 Å². The average molecular weight is 750 g/mol. The Hall–Kier alpha value is -4.94. The number of ether oxygens (including phenoxy) is 5. The van der Waals surface area contributed by atoms with E-state index in [1.54, 1.807) is 7.11 Å². The average Bonchev–Trinajstić information content (AvgIpc) is 3.80. The first kappa shape index (κ1) is 33.6. The van der Waals surface area contributed by atoms with Crippen LogP contribution in [-0.4, -0.2) is 77.9 Å². The van der Waals surface area contributed by atoms with E-state index in [1.807, 2.05) is 38.1 Å². The number of aromatic amines is 1. The minimum atomic E-state index is -1.24. The van der Waals surface area contributed by atoms with Crippen LogP contribution in [0.3, 0.4) is 0 Å². The van der Waals surface area contributed by atoms with E-state index < -0.39 is 46.9 Å². The number of aromatic hydroxyl groups is 1. The maximum absolute atomic E-state index is 14.8. The van der Waals surface area contributed by atoms with Crippen LogP contribution in [-0.2, 0) is 32.7 Å². The molecule has 13 nitrogen and oxygen atoms in total. The summed E-state index contributed by atoms with van der Waals surface area (Å²) in [5.74, 6) is 1.10. The van der Waals surface area contributed by atoms with E-state index in [4.69, 9.17) is 23.7 Å². The fourth-order valence-corrected chi connectivity index (χ4v) is 11.9. The van der Waals surface area contributed by atoms with Crippen LogP contribution in [0, 0.1) is 25.2 Å². The Morgan fingerprint density at radius 1 is 1.13 bits per heavy atom. The fraction of sp³-hybridized carbons (Fsp3) is 0.425. The first-order valence-corrected chi connectivity index (χ1v) is 19.3. The quantitative estimate of drug-likeness (QED) is 0.168. The molecule has 4 bridgehead atoms. The zero-order chi connectivity index (χ0) is 37.2. The molecule has 7 atom stereocenters. The summed E-state index contributed by atoms with van der Waals surface area (Å²) < 4.78 is 30.6. The normalized spacial score (nSPS) is 29.1. The molecule has 2 saturated heterocycles. The first-order valence-electron chi connectivity index (χ1n) is 18.3. The third-order valence-corrected chi connectivity index (χ3v) is 13.8. The van der Waals surface area contributed by atoms with Crippen LogP contribution in [0.2, 0.25) is 0 Å². The molecule has 8 heterocycles. The first-order chi connectivity index (χ1) is 26.2. The van der Waals surface area contributed by atoms with Gasteiger partial charge >= 0.3 is 11.9 Å². The van der Waals surface area contributed by atoms with Crippen molar-refractivity contribution in [2.75, 3.05) is 32.8 Å². The molecule has 14 heteroatoms. The highest BCUT2D eigenvalue weighted by Crippen LogP contribution is 2.63. The van der Waals surface area contributed by atoms with Gasteiger partial charge in [0.25, 0.3) is 0 Å². The summed E-state index contributed by atoms with van der Waals surface area (Å²) in [5.41, 5.74) is 6.04. The number of piperazine rings is 1. The largest absolute Gasteiger partial charge is 0.504 e. The summed E-state index contributed by atoms with van der Waals surface area (Å²) >= 11 is 1.54. The molecule has 1 aromatic heterocycles. The summed E-state index contributed by atoms with van der Waals surface area (Å²) in [4.78, 5) is 33.4. The van der Waals surface area contributed by atoms with Crippen molar-refractivity contribution in [3.63, 3.8) is 0 Å². The van der Waals surface area contributed by atoms with Crippen molar-refractivity contribution >= 4 is 34.6 Å². The summed E-state index contributed by atoms with van der Waals surface area (Å²) in [5, 5.41) is 30.9. The summed E-state index contributed by atoms with van der Waals surface area (Å²) in [6.07, 6.45) is 1.22. The van der Waals surface area contributed by atoms with Gasteiger partial charge in [-0.3, -0.25) is 15.0 Å². The standard InChI is InChI=1S/C40H39N5O8S/c1-17-11-20-12-24-25(13-41)45-26-14-50-39(48)40(38-22(9-10-42-40)21-7-5-6-8-23(21)44-38)15-54-37(31(45)30(43-24)27(20)32(47)33(17)49-4)29-28(26)36-35(51-16-52-36)18(2)34(29)53-19(3)46/h5-8,11,24-26,30-31,37,42-44,47H,9-10,12,14-16H2,1-4H3/t24?,25-,26-,30?,31?,37+,40+/m0/s1. The Morgan fingerprint density at radius 2 is 1.94 bits per heavy atom. The van der Waals surface area contributed by atoms with Crippen molar-refractivity contribution in [3.8, 4) is 34.8 Å². The Bertz CT molecular complexity index is 2350. The molecule has 0 saturated carbocycles. The molecule has 7 aliphatic heterocycles. The SMILES string of the molecule is COc1c(C)cc2c(c1O)C1NC(C2)[C@H](C#N)N2C1[C@@H]1SC[C@]3(NCCc4c3[nH]c3ccccc43)C(=O)OC[C@H]2c2c3c(c(C)c(OC(C)=O)c21)OCO3. The van der Waals surface area contributed by atoms with Gasteiger partial charge < -0.3 is 39.1 Å². The number of aromatic nitrogens is 1. The number of nitrogens with zero attached hydrogens (tertiary/aromatic N) is 2. The molecule has 54 heavy (non-hydrogen) atoms. The number of esters is 2. The number of thioether (sulfide) groups is 1. The third kappa shape index (κ3) is 4.43. The van der Waals surface area contributed by atoms with Crippen LogP contribution in [0.1, 0.15) is 68.9 Å². The molecular weight excluding hydrogens is 711 g/mol. The second-order valence-electron chi connectivity index (χ2n) is 15.0. The molecule has 0 amide bonds. The lowest BCUT2D eigenvalue weighted by molar-refractivity contribution is -0.155. The van der Waals surface area contributed by atoms with Gasteiger partial charge in [0.2, 0.25) is 6.79 Å². The zero-order valence-electron chi connectivity index (χ0n) is 30.2. The number of nitrogens with one attached hydrogen (secondary N) is 3. The van der Waals surface area contributed by atoms with Crippen LogP contribution >= 0.6 is 11.8 Å². The van der Waals surface area contributed by atoms with Crippen molar-refractivity contribution in [1.82, 2.24) is 20.5 Å². The molecule has 3 unspecified atom stereocenters. The number of hydrogen-bond acceptors (Lipinski definition) is 13. The van der Waals surface area contributed by atoms with E-state index >= 15 is 0 Å². The monoisotopic (exact) mass is 749 g/mol. The van der Waals surface area contributed by atoms with Crippen LogP contribution in [0.4, 0.5) is 0 Å². The number of phenols is 1. The van der Waals surface area contributed by atoms with Gasteiger partial charge in [-0.1, -0.05) is 24.3 Å². The highest BCUT2D eigenvalue weighted by atomic mass is 32.2. The van der Waals surface area contributed by atoms with Gasteiger partial charge in [0.05, 0.1) is 36.2 Å². The van der Waals surface area contributed by atoms with Gasteiger partial charge in [-0.2, -0.15) is 5.26 Å². The van der Waals surface area contributed by atoms with E-state index in [2.05, 4.69) is 32.7 Å². The molecule has 7 aliphatic rings. The highest BCUT2D eigenvalue weighted by molar-refractivity contribution is 7.99. The number of benzene rings is 3. The van der Waals surface area contributed by atoms with Crippen molar-refractivity contribution in [2.45, 2.75) is 74.6 Å². The number of H-pyrrole nitrogens is 1. The van der Waals surface area contributed by atoms with Crippen molar-refractivity contribution in [2.24, 2.45) is 0 Å². The summed E-state index contributed by atoms with van der Waals surface area (Å²) in [7, 11) is 1.55. The summed E-state index contributed by atoms with van der Waals surface area (Å²) in [6, 6.07) is 10.1. The Kier molecular flexibility index (Phi) is 7.49. The van der Waals surface area contributed by atoms with E-state index in [9.17, 15) is 20.0 Å². The van der Waals surface area contributed by atoms with Crippen molar-refractivity contribution in [1.29, 1.82) is 5.26 Å². The highest BCUT2D eigenvalue weighted by Gasteiger charge is 2.60. The van der Waals surface area contributed by atoms with E-state index in [1.165, 1.54) is 18.7 Å². The number of nitriles is 1. The number of para-hydroxylation sites is 1. The lowest BCUT2D eigenvalue weighted by atomic mass is 9.72. The predicted molar refractivity (Wildman–Crippen MR) is 197 cm³/mol. The second kappa shape index (κ2) is 12.0. The second-order valence-corrected chi connectivity index (χ2v) is 16.1. The van der Waals surface area contributed by atoms with Gasteiger partial charge in [-0.15, -0.1) is 11.8 Å². The van der Waals surface area contributed by atoms with Crippen molar-refractivity contribution in [3.05, 3.63) is 75.0 Å². The number of carbonyl (C=O) groups excluding carboxylic acids is 2. The number of methoxy groups -OCH3 is 1. The Balaban J connectivity index is 1.24. The molecule has 278 valence electrons. The van der Waals surface area contributed by atoms with E-state index in [-0.39, 0.29) is 30.9 Å². The van der Waals surface area contributed by atoms with Gasteiger partial charge in [-0.25, -0.2) is 4.79 Å². The van der Waals surface area contributed by atoms with Gasteiger partial charge in [-0.05, 0) is 49.4 Å². The minimum absolute atomic E-state index is 0.0368. The van der Waals surface area contributed by atoms with E-state index in [0.717, 1.165) is 45.3 Å². The maximum atomic E-state index is 14.8. The number of fused-ring (bicyclic) bond motifs is 11. The Morgan fingerprint density at radius 3 is 2.74 bits per heavy atom. The molecule has 11 rings (SSSR count). The lowest BCUT2D eigenvalue weighted by Crippen LogP contribution is -2.69. The molecular formula is C40H39N5O8S. The molecule has 0 aliphatic carbocycles. The van der Waals surface area contributed by atoms with Crippen LogP contribution < -0.4 is 29.6 Å². The number of rotatable bonds is 2. The minimum Gasteiger partial charge on any atom is -0.504 e.